The molecule has 0 N–H and O–H groups in total. The summed E-state index contributed by atoms with van der Waals surface area (Å²) >= 11 is 0. The zero-order valence-electron chi connectivity index (χ0n) is 13.0. The molecule has 2 saturated heterocycles. The first kappa shape index (κ1) is 102. The average molecular weight is 485 g/mol. The molecular formula is C20H52O12. The summed E-state index contributed by atoms with van der Waals surface area (Å²) in [7, 11) is 0. The summed E-state index contributed by atoms with van der Waals surface area (Å²) < 4.78 is 17.2. The Labute approximate surface area is 196 Å². The molecule has 12 nitrogen and oxygen atoms in total. The van der Waals surface area contributed by atoms with Gasteiger partial charge in [-0.1, -0.05) is 59.4 Å². The fourth-order valence-electron chi connectivity index (χ4n) is 0.583. The first-order valence-corrected chi connectivity index (χ1v) is 5.11. The highest BCUT2D eigenvalue weighted by molar-refractivity contribution is 5.61. The molecule has 0 aromatic heterocycles. The maximum Gasteiger partial charge on any atom is 0.508 e. The van der Waals surface area contributed by atoms with Crippen LogP contribution in [-0.2, 0) is 47.7 Å². The third kappa shape index (κ3) is 156. The van der Waals surface area contributed by atoms with Crippen molar-refractivity contribution < 1.29 is 57.3 Å². The molecule has 0 unspecified atom stereocenters. The Hall–Kier alpha value is -3.44. The van der Waals surface area contributed by atoms with Gasteiger partial charge in [-0.3, -0.25) is 0 Å². The van der Waals surface area contributed by atoms with Crippen LogP contribution in [0.25, 0.3) is 0 Å². The van der Waals surface area contributed by atoms with Gasteiger partial charge in [0.05, 0.1) is 0 Å². The fourth-order valence-corrected chi connectivity index (χ4v) is 0.583. The summed E-state index contributed by atoms with van der Waals surface area (Å²) in [5.41, 5.74) is 0. The van der Waals surface area contributed by atoms with Crippen molar-refractivity contribution in [3.63, 3.8) is 0 Å². The van der Waals surface area contributed by atoms with Crippen molar-refractivity contribution in [3.8, 4) is 0 Å². The van der Waals surface area contributed by atoms with Crippen LogP contribution < -0.4 is 0 Å². The number of hydrogen-bond donors (Lipinski definition) is 0. The van der Waals surface area contributed by atoms with Gasteiger partial charge < -0.3 is 47.7 Å². The van der Waals surface area contributed by atoms with Gasteiger partial charge in [-0.25, -0.2) is 9.59 Å². The Balaban J connectivity index is -0.00000000992. The van der Waals surface area contributed by atoms with E-state index >= 15 is 0 Å². The standard InChI is InChI=1S/2C3H4O3.6CH2O.8CH4/c2*4-3-5-1-2-6-3;6*1-2;;;;;;;;/h2*1-2H2;6*1H2;8*1H4. The molecule has 12 heteroatoms. The summed E-state index contributed by atoms with van der Waals surface area (Å²) in [5.74, 6) is 0. The molecule has 2 aliphatic rings. The molecule has 2 heterocycles. The summed E-state index contributed by atoms with van der Waals surface area (Å²) in [4.78, 5) is 67.6. The molecule has 0 atom stereocenters. The molecule has 2 fully saturated rings. The van der Waals surface area contributed by atoms with Gasteiger partial charge in [0.15, 0.2) is 0 Å². The molecule has 204 valence electrons. The topological polar surface area (TPSA) is 173 Å². The average Bonchev–Trinajstić information content (AvgIpc) is 3.39. The third-order valence-electron chi connectivity index (χ3n) is 1.05. The normalized spacial score (nSPS) is 8.12. The minimum atomic E-state index is -0.546. The lowest BCUT2D eigenvalue weighted by Crippen LogP contribution is -1.88. The van der Waals surface area contributed by atoms with E-state index < -0.39 is 12.3 Å². The van der Waals surface area contributed by atoms with Gasteiger partial charge in [0.2, 0.25) is 0 Å². The van der Waals surface area contributed by atoms with E-state index in [0.717, 1.165) is 0 Å². The molecule has 0 aliphatic carbocycles. The maximum atomic E-state index is 9.80. The van der Waals surface area contributed by atoms with Crippen LogP contribution >= 0.6 is 0 Å². The summed E-state index contributed by atoms with van der Waals surface area (Å²) in [6.45, 7) is 13.7. The lowest BCUT2D eigenvalue weighted by atomic mass is 10.8. The molecule has 0 radical (unpaired) electrons. The van der Waals surface area contributed by atoms with E-state index in [2.05, 4.69) is 18.9 Å². The number of carbonyl (C=O) groups is 8. The second-order valence-electron chi connectivity index (χ2n) is 1.89. The van der Waals surface area contributed by atoms with Gasteiger partial charge >= 0.3 is 12.3 Å². The van der Waals surface area contributed by atoms with Crippen LogP contribution in [-0.4, -0.2) is 79.5 Å². The molecule has 0 amide bonds. The predicted octanol–water partition coefficient (Wildman–Crippen LogP) is 4.29. The number of carbonyl (C=O) groups excluding carboxylic acids is 8. The summed E-state index contributed by atoms with van der Waals surface area (Å²) in [6.07, 6.45) is -1.09. The monoisotopic (exact) mass is 484 g/mol. The maximum absolute atomic E-state index is 9.80. The minimum absolute atomic E-state index is 0. The van der Waals surface area contributed by atoms with Gasteiger partial charge in [0.1, 0.15) is 67.2 Å². The summed E-state index contributed by atoms with van der Waals surface area (Å²) in [6, 6.07) is 0. The van der Waals surface area contributed by atoms with Gasteiger partial charge in [-0.15, -0.1) is 0 Å². The first-order chi connectivity index (χ1) is 11.8. The van der Waals surface area contributed by atoms with Gasteiger partial charge in [0, 0.05) is 0 Å². The van der Waals surface area contributed by atoms with E-state index in [4.69, 9.17) is 28.8 Å². The zero-order valence-corrected chi connectivity index (χ0v) is 13.0. The highest BCUT2D eigenvalue weighted by Crippen LogP contribution is 1.92. The van der Waals surface area contributed by atoms with Crippen molar-refractivity contribution in [2.45, 2.75) is 59.4 Å². The Bertz CT molecular complexity index is 215. The van der Waals surface area contributed by atoms with E-state index in [9.17, 15) is 9.59 Å². The quantitative estimate of drug-likeness (QED) is 0.447. The van der Waals surface area contributed by atoms with Crippen LogP contribution in [0, 0.1) is 0 Å². The first-order valence-electron chi connectivity index (χ1n) is 5.11. The molecular weight excluding hydrogens is 432 g/mol. The van der Waals surface area contributed by atoms with E-state index in [-0.39, 0.29) is 59.4 Å². The van der Waals surface area contributed by atoms with E-state index in [0.29, 0.717) is 26.4 Å². The SMILES string of the molecule is C.C.C.C.C.C.C.C.C=O.C=O.C=O.C=O.C=O.C=O.O=C1OCCO1.O=C1OCCO1. The molecule has 0 saturated carbocycles. The molecule has 0 aromatic carbocycles. The highest BCUT2D eigenvalue weighted by Gasteiger charge is 2.09. The zero-order chi connectivity index (χ0) is 20.8. The van der Waals surface area contributed by atoms with Crippen LogP contribution in [0.2, 0.25) is 0 Å². The molecule has 2 rings (SSSR count). The smallest absolute Gasteiger partial charge is 0.431 e. The van der Waals surface area contributed by atoms with Gasteiger partial charge in [-0.2, -0.15) is 0 Å². The highest BCUT2D eigenvalue weighted by atomic mass is 16.8. The second-order valence-corrected chi connectivity index (χ2v) is 1.89. The number of cyclic esters (lactones) is 4. The van der Waals surface area contributed by atoms with E-state index in [1.807, 2.05) is 40.7 Å². The van der Waals surface area contributed by atoms with Crippen molar-refractivity contribution in [2.24, 2.45) is 0 Å². The Morgan fingerprint density at radius 1 is 0.344 bits per heavy atom. The molecule has 0 aromatic rings. The van der Waals surface area contributed by atoms with Crippen LogP contribution in [0.3, 0.4) is 0 Å². The Morgan fingerprint density at radius 2 is 0.438 bits per heavy atom. The largest absolute Gasteiger partial charge is 0.508 e. The Kier molecular flexibility index (Phi) is 558. The molecule has 0 spiro atoms. The lowest BCUT2D eigenvalue weighted by Gasteiger charge is -1.78. The molecule has 2 aliphatic heterocycles. The predicted molar refractivity (Wildman–Crippen MR) is 131 cm³/mol. The number of ether oxygens (including phenoxy) is 4. The van der Waals surface area contributed by atoms with Crippen molar-refractivity contribution in [1.82, 2.24) is 0 Å². The van der Waals surface area contributed by atoms with E-state index in [1.165, 1.54) is 0 Å². The van der Waals surface area contributed by atoms with Crippen LogP contribution in [0.15, 0.2) is 0 Å². The number of hydrogen-bond acceptors (Lipinski definition) is 12. The third-order valence-corrected chi connectivity index (χ3v) is 1.05. The van der Waals surface area contributed by atoms with Gasteiger partial charge in [0.25, 0.3) is 0 Å². The van der Waals surface area contributed by atoms with E-state index in [1.54, 1.807) is 0 Å². The van der Waals surface area contributed by atoms with Crippen molar-refractivity contribution in [1.29, 1.82) is 0 Å². The lowest BCUT2D eigenvalue weighted by molar-refractivity contribution is -0.0987. The Morgan fingerprint density at radius 3 is 0.469 bits per heavy atom. The van der Waals surface area contributed by atoms with Crippen LogP contribution in [0.4, 0.5) is 9.59 Å². The number of rotatable bonds is 0. The summed E-state index contributed by atoms with van der Waals surface area (Å²) in [5, 5.41) is 0. The van der Waals surface area contributed by atoms with Crippen LogP contribution in [0.5, 0.6) is 0 Å². The van der Waals surface area contributed by atoms with Crippen molar-refractivity contribution >= 4 is 53.0 Å². The fraction of sp³-hybridized carbons (Fsp3) is 0.600. The van der Waals surface area contributed by atoms with Crippen molar-refractivity contribution in [3.05, 3.63) is 0 Å². The van der Waals surface area contributed by atoms with Gasteiger partial charge in [-0.05, 0) is 0 Å². The van der Waals surface area contributed by atoms with Crippen LogP contribution in [0.1, 0.15) is 59.4 Å². The van der Waals surface area contributed by atoms with Crippen molar-refractivity contribution in [2.75, 3.05) is 26.4 Å². The second kappa shape index (κ2) is 174. The minimum Gasteiger partial charge on any atom is -0.431 e. The molecule has 32 heavy (non-hydrogen) atoms. The molecule has 0 bridgehead atoms.